The van der Waals surface area contributed by atoms with Crippen molar-refractivity contribution in [3.05, 3.63) is 24.8 Å². The van der Waals surface area contributed by atoms with Gasteiger partial charge in [-0.05, 0) is 19.3 Å². The zero-order chi connectivity index (χ0) is 18.8. The van der Waals surface area contributed by atoms with Gasteiger partial charge in [0.25, 0.3) is 0 Å². The summed E-state index contributed by atoms with van der Waals surface area (Å²) in [6.07, 6.45) is 18.0. The van der Waals surface area contributed by atoms with Gasteiger partial charge in [0.1, 0.15) is 6.61 Å². The number of aliphatic hydroxyl groups is 2. The van der Waals surface area contributed by atoms with Crippen molar-refractivity contribution in [3.63, 3.8) is 0 Å². The van der Waals surface area contributed by atoms with E-state index in [1.54, 1.807) is 0 Å². The summed E-state index contributed by atoms with van der Waals surface area (Å²) in [6, 6.07) is 0. The van der Waals surface area contributed by atoms with E-state index in [2.05, 4.69) is 12.7 Å². The van der Waals surface area contributed by atoms with E-state index in [1.165, 1.54) is 51.9 Å². The summed E-state index contributed by atoms with van der Waals surface area (Å²) in [6.45, 7) is 4.94. The van der Waals surface area contributed by atoms with Gasteiger partial charge >= 0.3 is 5.97 Å². The first-order chi connectivity index (χ1) is 12.1. The molecule has 0 fully saturated rings. The third kappa shape index (κ3) is 19.0. The van der Waals surface area contributed by atoms with Crippen LogP contribution in [0.4, 0.5) is 0 Å². The number of ether oxygens (including phenoxy) is 1. The molecule has 0 rings (SSSR count). The van der Waals surface area contributed by atoms with Gasteiger partial charge in [-0.1, -0.05) is 76.2 Å². The molecule has 0 saturated heterocycles. The molecular formula is C21H38O4. The molecule has 0 aliphatic rings. The Balaban J connectivity index is 3.30. The highest BCUT2D eigenvalue weighted by Gasteiger charge is 2.12. The third-order valence-electron chi connectivity index (χ3n) is 4.20. The van der Waals surface area contributed by atoms with E-state index in [1.807, 2.05) is 12.2 Å². The molecule has 4 heteroatoms. The summed E-state index contributed by atoms with van der Waals surface area (Å²) in [4.78, 5) is 10.6. The summed E-state index contributed by atoms with van der Waals surface area (Å²) in [7, 11) is 0. The molecule has 0 aromatic heterocycles. The Morgan fingerprint density at radius 1 is 0.960 bits per heavy atom. The topological polar surface area (TPSA) is 66.8 Å². The van der Waals surface area contributed by atoms with E-state index in [-0.39, 0.29) is 13.0 Å². The van der Waals surface area contributed by atoms with Crippen LogP contribution in [0.3, 0.4) is 0 Å². The zero-order valence-corrected chi connectivity index (χ0v) is 16.0. The first-order valence-electron chi connectivity index (χ1n) is 9.83. The molecule has 0 aromatic rings. The van der Waals surface area contributed by atoms with Gasteiger partial charge in [-0.2, -0.15) is 0 Å². The highest BCUT2D eigenvalue weighted by atomic mass is 16.5. The fourth-order valence-electron chi connectivity index (χ4n) is 2.79. The van der Waals surface area contributed by atoms with Crippen molar-refractivity contribution < 1.29 is 19.7 Å². The predicted molar refractivity (Wildman–Crippen MR) is 103 cm³/mol. The minimum Gasteiger partial charge on any atom is -0.463 e. The van der Waals surface area contributed by atoms with E-state index in [0.717, 1.165) is 19.3 Å². The lowest BCUT2D eigenvalue weighted by Gasteiger charge is -2.15. The Hall–Kier alpha value is -1.13. The van der Waals surface area contributed by atoms with Crippen molar-refractivity contribution >= 4 is 5.97 Å². The number of aliphatic hydroxyl groups excluding tert-OH is 2. The highest BCUT2D eigenvalue weighted by Crippen LogP contribution is 2.13. The maximum absolute atomic E-state index is 10.6. The van der Waals surface area contributed by atoms with Crippen LogP contribution in [0.5, 0.6) is 0 Å². The van der Waals surface area contributed by atoms with Crippen molar-refractivity contribution in [2.75, 3.05) is 6.61 Å². The SMILES string of the molecule is C=C/C=C/CCCCCCCCCCCC(O)CC(O)COC(C)=O. The lowest BCUT2D eigenvalue weighted by molar-refractivity contribution is -0.144. The molecule has 0 bridgehead atoms. The molecule has 0 aliphatic carbocycles. The molecule has 0 saturated carbocycles. The number of carbonyl (C=O) groups is 1. The minimum absolute atomic E-state index is 0.0308. The number of unbranched alkanes of at least 4 members (excludes halogenated alkanes) is 9. The molecule has 2 unspecified atom stereocenters. The van der Waals surface area contributed by atoms with Crippen LogP contribution in [0.15, 0.2) is 24.8 Å². The van der Waals surface area contributed by atoms with Crippen LogP contribution in [-0.4, -0.2) is 35.0 Å². The minimum atomic E-state index is -0.772. The summed E-state index contributed by atoms with van der Waals surface area (Å²) in [5.41, 5.74) is 0. The van der Waals surface area contributed by atoms with Crippen LogP contribution in [0.1, 0.15) is 84.0 Å². The van der Waals surface area contributed by atoms with Crippen molar-refractivity contribution in [1.29, 1.82) is 0 Å². The van der Waals surface area contributed by atoms with Crippen molar-refractivity contribution in [3.8, 4) is 0 Å². The second-order valence-electron chi connectivity index (χ2n) is 6.77. The zero-order valence-electron chi connectivity index (χ0n) is 16.0. The van der Waals surface area contributed by atoms with Gasteiger partial charge in [-0.15, -0.1) is 0 Å². The maximum atomic E-state index is 10.6. The van der Waals surface area contributed by atoms with Gasteiger partial charge in [0.05, 0.1) is 12.2 Å². The second kappa shape index (κ2) is 17.7. The van der Waals surface area contributed by atoms with E-state index >= 15 is 0 Å². The van der Waals surface area contributed by atoms with Gasteiger partial charge in [-0.3, -0.25) is 4.79 Å². The smallest absolute Gasteiger partial charge is 0.302 e. The van der Waals surface area contributed by atoms with E-state index in [4.69, 9.17) is 4.74 Å². The average Bonchev–Trinajstić information content (AvgIpc) is 2.57. The molecule has 0 heterocycles. The molecule has 2 atom stereocenters. The highest BCUT2D eigenvalue weighted by molar-refractivity contribution is 5.65. The third-order valence-corrected chi connectivity index (χ3v) is 4.20. The van der Waals surface area contributed by atoms with Gasteiger partial charge in [-0.25, -0.2) is 0 Å². The monoisotopic (exact) mass is 354 g/mol. The number of allylic oxidation sites excluding steroid dienone is 3. The van der Waals surface area contributed by atoms with Crippen LogP contribution >= 0.6 is 0 Å². The van der Waals surface area contributed by atoms with Crippen LogP contribution in [0.25, 0.3) is 0 Å². The molecular weight excluding hydrogens is 316 g/mol. The number of esters is 1. The van der Waals surface area contributed by atoms with E-state index < -0.39 is 18.2 Å². The number of rotatable bonds is 17. The summed E-state index contributed by atoms with van der Waals surface area (Å²) in [5, 5.41) is 19.5. The molecule has 0 amide bonds. The van der Waals surface area contributed by atoms with Crippen molar-refractivity contribution in [2.45, 2.75) is 96.2 Å². The quantitative estimate of drug-likeness (QED) is 0.226. The number of hydrogen-bond acceptors (Lipinski definition) is 4. The fraction of sp³-hybridized carbons (Fsp3) is 0.762. The Bertz CT molecular complexity index is 352. The van der Waals surface area contributed by atoms with Gasteiger partial charge in [0, 0.05) is 13.3 Å². The number of carbonyl (C=O) groups excluding carboxylic acids is 1. The van der Waals surface area contributed by atoms with Crippen LogP contribution in [-0.2, 0) is 9.53 Å². The molecule has 25 heavy (non-hydrogen) atoms. The molecule has 0 aliphatic heterocycles. The Labute approximate surface area is 154 Å². The van der Waals surface area contributed by atoms with Gasteiger partial charge in [0.2, 0.25) is 0 Å². The van der Waals surface area contributed by atoms with Crippen LogP contribution in [0, 0.1) is 0 Å². The van der Waals surface area contributed by atoms with Gasteiger partial charge in [0.15, 0.2) is 0 Å². The molecule has 0 radical (unpaired) electrons. The molecule has 0 aromatic carbocycles. The fourth-order valence-corrected chi connectivity index (χ4v) is 2.79. The van der Waals surface area contributed by atoms with E-state index in [9.17, 15) is 15.0 Å². The molecule has 146 valence electrons. The van der Waals surface area contributed by atoms with Crippen molar-refractivity contribution in [1.82, 2.24) is 0 Å². The Morgan fingerprint density at radius 2 is 1.52 bits per heavy atom. The summed E-state index contributed by atoms with van der Waals surface area (Å²) < 4.78 is 4.72. The lowest BCUT2D eigenvalue weighted by Crippen LogP contribution is -2.23. The summed E-state index contributed by atoms with van der Waals surface area (Å²) >= 11 is 0. The first kappa shape index (κ1) is 23.9. The predicted octanol–water partition coefficient (Wildman–Crippen LogP) is 4.69. The van der Waals surface area contributed by atoms with Crippen LogP contribution < -0.4 is 0 Å². The first-order valence-corrected chi connectivity index (χ1v) is 9.83. The molecule has 0 spiro atoms. The normalized spacial score (nSPS) is 13.7. The lowest BCUT2D eigenvalue weighted by atomic mass is 10.0. The van der Waals surface area contributed by atoms with Gasteiger partial charge < -0.3 is 14.9 Å². The Morgan fingerprint density at radius 3 is 2.08 bits per heavy atom. The number of hydrogen-bond donors (Lipinski definition) is 2. The maximum Gasteiger partial charge on any atom is 0.302 e. The molecule has 4 nitrogen and oxygen atoms in total. The van der Waals surface area contributed by atoms with Crippen molar-refractivity contribution in [2.24, 2.45) is 0 Å². The molecule has 2 N–H and O–H groups in total. The summed E-state index contributed by atoms with van der Waals surface area (Å²) in [5.74, 6) is -0.405. The van der Waals surface area contributed by atoms with E-state index in [0.29, 0.717) is 6.42 Å². The Kier molecular flexibility index (Phi) is 16.9. The average molecular weight is 355 g/mol. The second-order valence-corrected chi connectivity index (χ2v) is 6.77. The largest absolute Gasteiger partial charge is 0.463 e. The van der Waals surface area contributed by atoms with Crippen LogP contribution in [0.2, 0.25) is 0 Å². The standard InChI is InChI=1S/C21H38O4/c1-3-4-5-6-7-8-9-10-11-12-13-14-15-16-20(23)17-21(24)18-25-19(2)22/h3-5,20-21,23-24H,1,6-18H2,2H3/b5-4+.